The lowest BCUT2D eigenvalue weighted by Crippen LogP contribution is -2.51. The first-order chi connectivity index (χ1) is 11.6. The summed E-state index contributed by atoms with van der Waals surface area (Å²) in [5, 5.41) is 3.62. The highest BCUT2D eigenvalue weighted by atomic mass is 16.7. The van der Waals surface area contributed by atoms with Crippen LogP contribution in [0.2, 0.25) is 0 Å². The predicted octanol–water partition coefficient (Wildman–Crippen LogP) is 2.81. The highest BCUT2D eigenvalue weighted by Gasteiger charge is 2.48. The van der Waals surface area contributed by atoms with Crippen LogP contribution in [-0.4, -0.2) is 37.6 Å². The monoisotopic (exact) mass is 333 g/mol. The normalized spacial score (nSPS) is 27.1. The van der Waals surface area contributed by atoms with Gasteiger partial charge in [-0.15, -0.1) is 0 Å². The maximum absolute atomic E-state index is 12.5. The van der Waals surface area contributed by atoms with E-state index in [4.69, 9.17) is 14.2 Å². The molecule has 3 atom stereocenters. The van der Waals surface area contributed by atoms with Crippen molar-refractivity contribution in [1.82, 2.24) is 5.32 Å². The van der Waals surface area contributed by atoms with E-state index in [-0.39, 0.29) is 24.0 Å². The lowest BCUT2D eigenvalue weighted by Gasteiger charge is -2.41. The molecule has 1 aliphatic heterocycles. The zero-order chi connectivity index (χ0) is 17.0. The van der Waals surface area contributed by atoms with Crippen LogP contribution < -0.4 is 5.32 Å². The molecule has 24 heavy (non-hydrogen) atoms. The Morgan fingerprint density at radius 2 is 2.04 bits per heavy atom. The second-order valence-corrected chi connectivity index (χ2v) is 6.61. The smallest absolute Gasteiger partial charge is 0.310 e. The Morgan fingerprint density at radius 3 is 2.71 bits per heavy atom. The zero-order valence-corrected chi connectivity index (χ0v) is 14.5. The molecule has 1 saturated carbocycles. The molecule has 1 aromatic rings. The first kappa shape index (κ1) is 17.4. The molecule has 5 heteroatoms. The summed E-state index contributed by atoms with van der Waals surface area (Å²) in [7, 11) is 0. The highest BCUT2D eigenvalue weighted by molar-refractivity contribution is 5.73. The molecule has 1 saturated heterocycles. The van der Waals surface area contributed by atoms with E-state index in [1.807, 2.05) is 25.1 Å². The van der Waals surface area contributed by atoms with Crippen molar-refractivity contribution in [2.75, 3.05) is 19.8 Å². The van der Waals surface area contributed by atoms with E-state index in [9.17, 15) is 4.79 Å². The van der Waals surface area contributed by atoms with Crippen molar-refractivity contribution in [1.29, 1.82) is 0 Å². The van der Waals surface area contributed by atoms with Crippen LogP contribution >= 0.6 is 0 Å². The van der Waals surface area contributed by atoms with Gasteiger partial charge in [0.1, 0.15) is 0 Å². The molecule has 0 unspecified atom stereocenters. The van der Waals surface area contributed by atoms with E-state index in [2.05, 4.69) is 24.4 Å². The van der Waals surface area contributed by atoms with Crippen LogP contribution in [0.25, 0.3) is 0 Å². The van der Waals surface area contributed by atoms with E-state index in [0.29, 0.717) is 26.2 Å². The molecule has 1 N–H and O–H groups in total. The molecular formula is C19H27NO4. The third-order valence-electron chi connectivity index (χ3n) is 5.02. The van der Waals surface area contributed by atoms with Gasteiger partial charge in [-0.2, -0.15) is 0 Å². The van der Waals surface area contributed by atoms with Gasteiger partial charge in [-0.05, 0) is 25.8 Å². The van der Waals surface area contributed by atoms with Gasteiger partial charge in [-0.1, -0.05) is 30.3 Å². The molecule has 1 aliphatic carbocycles. The molecule has 0 bridgehead atoms. The number of benzene rings is 1. The van der Waals surface area contributed by atoms with Gasteiger partial charge in [0.05, 0.1) is 25.7 Å². The summed E-state index contributed by atoms with van der Waals surface area (Å²) in [6.45, 7) is 5.58. The molecule has 3 rings (SSSR count). The van der Waals surface area contributed by atoms with E-state index in [0.717, 1.165) is 12.8 Å². The fourth-order valence-electron chi connectivity index (χ4n) is 3.77. The van der Waals surface area contributed by atoms with E-state index in [1.165, 1.54) is 5.56 Å². The fraction of sp³-hybridized carbons (Fsp3) is 0.632. The molecule has 0 amide bonds. The van der Waals surface area contributed by atoms with Crippen LogP contribution in [0.15, 0.2) is 30.3 Å². The van der Waals surface area contributed by atoms with Crippen molar-refractivity contribution in [2.24, 2.45) is 5.92 Å². The van der Waals surface area contributed by atoms with Crippen LogP contribution in [0.3, 0.4) is 0 Å². The summed E-state index contributed by atoms with van der Waals surface area (Å²) in [5.41, 5.74) is 1.22. The summed E-state index contributed by atoms with van der Waals surface area (Å²) in [4.78, 5) is 12.5. The standard InChI is InChI=1S/C19H27NO4/c1-3-22-18(21)16-13-19(23-11-12-24-19)10-9-17(16)20-14(2)15-7-5-4-6-8-15/h4-8,14,16-17,20H,3,9-13H2,1-2H3/t14-,16-,17-/m1/s1. The Balaban J connectivity index is 1.71. The molecule has 1 spiro atoms. The quantitative estimate of drug-likeness (QED) is 0.840. The van der Waals surface area contributed by atoms with Gasteiger partial charge in [-0.25, -0.2) is 0 Å². The largest absolute Gasteiger partial charge is 0.466 e. The van der Waals surface area contributed by atoms with Crippen molar-refractivity contribution >= 4 is 5.97 Å². The minimum absolute atomic E-state index is 0.0673. The van der Waals surface area contributed by atoms with Crippen molar-refractivity contribution in [2.45, 2.75) is 51.0 Å². The molecule has 1 aromatic carbocycles. The first-order valence-electron chi connectivity index (χ1n) is 8.89. The van der Waals surface area contributed by atoms with Gasteiger partial charge in [0, 0.05) is 24.9 Å². The number of carbonyl (C=O) groups excluding carboxylic acids is 1. The number of esters is 1. The summed E-state index contributed by atoms with van der Waals surface area (Å²) in [5.74, 6) is -0.998. The second-order valence-electron chi connectivity index (χ2n) is 6.61. The number of nitrogens with one attached hydrogen (secondary N) is 1. The van der Waals surface area contributed by atoms with Crippen molar-refractivity contribution in [3.63, 3.8) is 0 Å². The third-order valence-corrected chi connectivity index (χ3v) is 5.02. The minimum Gasteiger partial charge on any atom is -0.466 e. The highest BCUT2D eigenvalue weighted by Crippen LogP contribution is 2.40. The molecule has 0 radical (unpaired) electrons. The molecular weight excluding hydrogens is 306 g/mol. The summed E-state index contributed by atoms with van der Waals surface area (Å²) in [6.07, 6.45) is 2.20. The first-order valence-corrected chi connectivity index (χ1v) is 8.89. The average Bonchev–Trinajstić information content (AvgIpc) is 3.05. The number of ether oxygens (including phenoxy) is 3. The molecule has 5 nitrogen and oxygen atoms in total. The maximum Gasteiger partial charge on any atom is 0.310 e. The molecule has 132 valence electrons. The van der Waals surface area contributed by atoms with Crippen LogP contribution in [0, 0.1) is 5.92 Å². The molecule has 0 aromatic heterocycles. The van der Waals surface area contributed by atoms with E-state index in [1.54, 1.807) is 0 Å². The SMILES string of the molecule is CCOC(=O)[C@@H]1CC2(CC[C@H]1N[C@H](C)c1ccccc1)OCCO2. The fourth-order valence-corrected chi connectivity index (χ4v) is 3.77. The van der Waals surface area contributed by atoms with E-state index >= 15 is 0 Å². The van der Waals surface area contributed by atoms with Gasteiger partial charge in [0.25, 0.3) is 0 Å². The summed E-state index contributed by atoms with van der Waals surface area (Å²) >= 11 is 0. The second kappa shape index (κ2) is 7.64. The molecule has 1 heterocycles. The van der Waals surface area contributed by atoms with Gasteiger partial charge in [-0.3, -0.25) is 4.79 Å². The van der Waals surface area contributed by atoms with Gasteiger partial charge in [0.2, 0.25) is 0 Å². The average molecular weight is 333 g/mol. The number of carbonyl (C=O) groups is 1. The third kappa shape index (κ3) is 3.79. The Morgan fingerprint density at radius 1 is 1.33 bits per heavy atom. The van der Waals surface area contributed by atoms with Crippen molar-refractivity contribution in [3.8, 4) is 0 Å². The predicted molar refractivity (Wildman–Crippen MR) is 90.4 cm³/mol. The summed E-state index contributed by atoms with van der Waals surface area (Å²) < 4.78 is 17.0. The van der Waals surface area contributed by atoms with Crippen molar-refractivity contribution in [3.05, 3.63) is 35.9 Å². The van der Waals surface area contributed by atoms with Crippen LogP contribution in [0.5, 0.6) is 0 Å². The maximum atomic E-state index is 12.5. The molecule has 2 fully saturated rings. The zero-order valence-electron chi connectivity index (χ0n) is 14.5. The Labute approximate surface area is 143 Å². The summed E-state index contributed by atoms with van der Waals surface area (Å²) in [6, 6.07) is 10.5. The lowest BCUT2D eigenvalue weighted by molar-refractivity contribution is -0.199. The topological polar surface area (TPSA) is 56.8 Å². The van der Waals surface area contributed by atoms with Gasteiger partial charge < -0.3 is 19.5 Å². The van der Waals surface area contributed by atoms with Crippen molar-refractivity contribution < 1.29 is 19.0 Å². The van der Waals surface area contributed by atoms with Crippen LogP contribution in [0.4, 0.5) is 0 Å². The van der Waals surface area contributed by atoms with Crippen LogP contribution in [0.1, 0.15) is 44.7 Å². The molecule has 2 aliphatic rings. The lowest BCUT2D eigenvalue weighted by atomic mass is 9.80. The van der Waals surface area contributed by atoms with E-state index < -0.39 is 5.79 Å². The Bertz CT molecular complexity index is 542. The van der Waals surface area contributed by atoms with Crippen LogP contribution in [-0.2, 0) is 19.0 Å². The Kier molecular flexibility index (Phi) is 5.54. The minimum atomic E-state index is -0.592. The number of rotatable bonds is 5. The van der Waals surface area contributed by atoms with Gasteiger partial charge in [0.15, 0.2) is 5.79 Å². The number of hydrogen-bond acceptors (Lipinski definition) is 5. The van der Waals surface area contributed by atoms with Gasteiger partial charge >= 0.3 is 5.97 Å². The number of hydrogen-bond donors (Lipinski definition) is 1. The Hall–Kier alpha value is -1.43.